The molecule has 0 aromatic heterocycles. The van der Waals surface area contributed by atoms with Gasteiger partial charge in [-0.1, -0.05) is 60.1 Å². The van der Waals surface area contributed by atoms with E-state index in [0.29, 0.717) is 5.41 Å². The van der Waals surface area contributed by atoms with Crippen LogP contribution in [-0.4, -0.2) is 0 Å². The molecule has 130 valence electrons. The number of rotatable bonds is 4. The summed E-state index contributed by atoms with van der Waals surface area (Å²) in [7, 11) is 0. The number of hydrogen-bond donors (Lipinski definition) is 0. The molecule has 2 aliphatic carbocycles. The fraction of sp³-hybridized carbons (Fsp3) is 0.909. The van der Waals surface area contributed by atoms with Gasteiger partial charge in [-0.2, -0.15) is 0 Å². The maximum Gasteiger partial charge on any atom is -0.0175 e. The Morgan fingerprint density at radius 1 is 1.00 bits per heavy atom. The topological polar surface area (TPSA) is 0 Å². The highest BCUT2D eigenvalue weighted by atomic mass is 14.5. The van der Waals surface area contributed by atoms with Crippen molar-refractivity contribution in [3.05, 3.63) is 12.2 Å². The van der Waals surface area contributed by atoms with E-state index in [4.69, 9.17) is 0 Å². The van der Waals surface area contributed by atoms with Crippen LogP contribution in [0.2, 0.25) is 0 Å². The fourth-order valence-electron chi connectivity index (χ4n) is 5.17. The zero-order chi connectivity index (χ0) is 16.9. The van der Waals surface area contributed by atoms with E-state index >= 15 is 0 Å². The first-order valence-electron chi connectivity index (χ1n) is 10.0. The summed E-state index contributed by atoms with van der Waals surface area (Å²) in [6.07, 6.45) is 10.1. The van der Waals surface area contributed by atoms with Gasteiger partial charge in [0.2, 0.25) is 0 Å². The minimum Gasteiger partial charge on any atom is -0.0999 e. The molecule has 0 heteroatoms. The molecule has 0 saturated heterocycles. The van der Waals surface area contributed by atoms with Crippen molar-refractivity contribution in [1.29, 1.82) is 0 Å². The van der Waals surface area contributed by atoms with E-state index in [9.17, 15) is 0 Å². The first kappa shape index (κ1) is 19.8. The van der Waals surface area contributed by atoms with Crippen LogP contribution in [0.25, 0.3) is 0 Å². The van der Waals surface area contributed by atoms with Gasteiger partial charge >= 0.3 is 0 Å². The molecule has 2 fully saturated rings. The summed E-state index contributed by atoms with van der Waals surface area (Å²) in [6, 6.07) is 0. The highest BCUT2D eigenvalue weighted by Crippen LogP contribution is 2.51. The molecule has 2 aliphatic rings. The van der Waals surface area contributed by atoms with Gasteiger partial charge < -0.3 is 0 Å². The van der Waals surface area contributed by atoms with E-state index in [-0.39, 0.29) is 0 Å². The van der Waals surface area contributed by atoms with E-state index in [1.807, 2.05) is 13.8 Å². The van der Waals surface area contributed by atoms with Crippen LogP contribution >= 0.6 is 0 Å². The summed E-state index contributed by atoms with van der Waals surface area (Å²) >= 11 is 0. The smallest absolute Gasteiger partial charge is 0.0175 e. The quantitative estimate of drug-likeness (QED) is 0.472. The summed E-state index contributed by atoms with van der Waals surface area (Å²) in [5.74, 6) is 4.64. The average Bonchev–Trinajstić information content (AvgIpc) is 2.91. The van der Waals surface area contributed by atoms with Crippen LogP contribution in [0.4, 0.5) is 0 Å². The van der Waals surface area contributed by atoms with Crippen molar-refractivity contribution in [3.63, 3.8) is 0 Å². The molecule has 0 spiro atoms. The first-order chi connectivity index (χ1) is 10.4. The molecular formula is C22H42. The van der Waals surface area contributed by atoms with Crippen molar-refractivity contribution >= 4 is 0 Å². The molecule has 0 aromatic carbocycles. The highest BCUT2D eigenvalue weighted by Gasteiger charge is 2.41. The van der Waals surface area contributed by atoms with Gasteiger partial charge in [0.25, 0.3) is 0 Å². The van der Waals surface area contributed by atoms with Crippen LogP contribution in [0.5, 0.6) is 0 Å². The van der Waals surface area contributed by atoms with E-state index in [1.54, 1.807) is 0 Å². The van der Waals surface area contributed by atoms with Crippen molar-refractivity contribution < 1.29 is 0 Å². The maximum absolute atomic E-state index is 4.28. The van der Waals surface area contributed by atoms with E-state index in [1.165, 1.54) is 50.5 Å². The summed E-state index contributed by atoms with van der Waals surface area (Å²) in [4.78, 5) is 0. The standard InChI is InChI=1S/C20H36.C2H6/c1-7-20(5,6)17-11-9-16(10-12-17)19-15(4)8-13-18(19)14(2)3;1-2/h15-19H,2,7-13H2,1,3-6H3;1-2H3. The molecular weight excluding hydrogens is 264 g/mol. The molecule has 22 heavy (non-hydrogen) atoms. The zero-order valence-corrected chi connectivity index (χ0v) is 16.5. The molecule has 0 bridgehead atoms. The maximum atomic E-state index is 4.28. The predicted molar refractivity (Wildman–Crippen MR) is 101 cm³/mol. The van der Waals surface area contributed by atoms with Gasteiger partial charge in [0.05, 0.1) is 0 Å². The van der Waals surface area contributed by atoms with E-state index in [0.717, 1.165) is 29.6 Å². The Morgan fingerprint density at radius 2 is 1.55 bits per heavy atom. The zero-order valence-electron chi connectivity index (χ0n) is 16.5. The van der Waals surface area contributed by atoms with Crippen LogP contribution in [0, 0.1) is 35.0 Å². The van der Waals surface area contributed by atoms with Gasteiger partial charge in [-0.25, -0.2) is 0 Å². The second kappa shape index (κ2) is 8.55. The highest BCUT2D eigenvalue weighted by molar-refractivity contribution is 5.05. The van der Waals surface area contributed by atoms with Crippen LogP contribution in [0.3, 0.4) is 0 Å². The third-order valence-corrected chi connectivity index (χ3v) is 7.02. The third-order valence-electron chi connectivity index (χ3n) is 7.02. The Kier molecular flexibility index (Phi) is 7.69. The predicted octanol–water partition coefficient (Wildman–Crippen LogP) is 7.49. The normalized spacial score (nSPS) is 35.7. The summed E-state index contributed by atoms with van der Waals surface area (Å²) in [6.45, 7) is 20.4. The largest absolute Gasteiger partial charge is 0.0999 e. The molecule has 0 heterocycles. The molecule has 0 aromatic rings. The molecule has 2 rings (SSSR count). The minimum atomic E-state index is 0.556. The molecule has 3 atom stereocenters. The van der Waals surface area contributed by atoms with Crippen molar-refractivity contribution in [2.45, 2.75) is 93.4 Å². The Labute approximate surface area is 141 Å². The van der Waals surface area contributed by atoms with Crippen molar-refractivity contribution in [1.82, 2.24) is 0 Å². The van der Waals surface area contributed by atoms with Crippen LogP contribution < -0.4 is 0 Å². The monoisotopic (exact) mass is 306 g/mol. The molecule has 0 N–H and O–H groups in total. The van der Waals surface area contributed by atoms with E-state index < -0.39 is 0 Å². The minimum absolute atomic E-state index is 0.556. The molecule has 3 unspecified atom stereocenters. The Hall–Kier alpha value is -0.260. The van der Waals surface area contributed by atoms with Gasteiger partial charge in [-0.15, -0.1) is 0 Å². The molecule has 0 amide bonds. The van der Waals surface area contributed by atoms with Gasteiger partial charge in [0.15, 0.2) is 0 Å². The van der Waals surface area contributed by atoms with Gasteiger partial charge in [0.1, 0.15) is 0 Å². The number of hydrogen-bond acceptors (Lipinski definition) is 0. The van der Waals surface area contributed by atoms with Gasteiger partial charge in [0, 0.05) is 0 Å². The van der Waals surface area contributed by atoms with Crippen molar-refractivity contribution in [2.75, 3.05) is 0 Å². The SMILES string of the molecule is C=C(C)C1CCC(C)C1C1CCC(C(C)(C)CC)CC1.CC. The molecule has 2 saturated carbocycles. The molecule has 0 nitrogen and oxygen atoms in total. The Bertz CT molecular complexity index is 330. The molecule has 0 radical (unpaired) electrons. The third kappa shape index (κ3) is 4.39. The summed E-state index contributed by atoms with van der Waals surface area (Å²) < 4.78 is 0. The van der Waals surface area contributed by atoms with Crippen LogP contribution in [0.15, 0.2) is 12.2 Å². The lowest BCUT2D eigenvalue weighted by Gasteiger charge is -2.42. The number of allylic oxidation sites excluding steroid dienone is 1. The Morgan fingerprint density at radius 3 is 2.00 bits per heavy atom. The Balaban J connectivity index is 0.00000116. The lowest BCUT2D eigenvalue weighted by atomic mass is 9.63. The van der Waals surface area contributed by atoms with Gasteiger partial charge in [-0.05, 0) is 80.5 Å². The fourth-order valence-corrected chi connectivity index (χ4v) is 5.17. The van der Waals surface area contributed by atoms with Crippen LogP contribution in [0.1, 0.15) is 93.4 Å². The second-order valence-corrected chi connectivity index (χ2v) is 8.54. The molecule has 0 aliphatic heterocycles. The van der Waals surface area contributed by atoms with E-state index in [2.05, 4.69) is 41.2 Å². The lowest BCUT2D eigenvalue weighted by Crippen LogP contribution is -2.32. The lowest BCUT2D eigenvalue weighted by molar-refractivity contribution is 0.0895. The van der Waals surface area contributed by atoms with Crippen LogP contribution in [-0.2, 0) is 0 Å². The average molecular weight is 307 g/mol. The second-order valence-electron chi connectivity index (χ2n) is 8.54. The van der Waals surface area contributed by atoms with Crippen molar-refractivity contribution in [3.8, 4) is 0 Å². The summed E-state index contributed by atoms with van der Waals surface area (Å²) in [5, 5.41) is 0. The summed E-state index contributed by atoms with van der Waals surface area (Å²) in [5.41, 5.74) is 2.01. The first-order valence-corrected chi connectivity index (χ1v) is 10.0. The van der Waals surface area contributed by atoms with Gasteiger partial charge in [-0.3, -0.25) is 0 Å². The van der Waals surface area contributed by atoms with Crippen molar-refractivity contribution in [2.24, 2.45) is 35.0 Å².